The van der Waals surface area contributed by atoms with E-state index in [9.17, 15) is 8.42 Å². The van der Waals surface area contributed by atoms with Gasteiger partial charge < -0.3 is 0 Å². The van der Waals surface area contributed by atoms with Crippen molar-refractivity contribution < 1.29 is 8.42 Å². The smallest absolute Gasteiger partial charge is 0.211 e. The van der Waals surface area contributed by atoms with Crippen molar-refractivity contribution in [2.45, 2.75) is 19.3 Å². The van der Waals surface area contributed by atoms with Gasteiger partial charge in [-0.2, -0.15) is 0 Å². The molecule has 94 valence electrons. The van der Waals surface area contributed by atoms with Crippen LogP contribution in [-0.4, -0.2) is 37.1 Å². The Hall–Kier alpha value is -0.940. The van der Waals surface area contributed by atoms with Gasteiger partial charge in [0.2, 0.25) is 10.0 Å². The Morgan fingerprint density at radius 3 is 2.94 bits per heavy atom. The van der Waals surface area contributed by atoms with Crippen LogP contribution in [0.3, 0.4) is 0 Å². The van der Waals surface area contributed by atoms with E-state index in [0.29, 0.717) is 19.0 Å². The van der Waals surface area contributed by atoms with E-state index in [4.69, 9.17) is 0 Å². The number of sulfonamides is 1. The average Bonchev–Trinajstić information content (AvgIpc) is 2.29. The summed E-state index contributed by atoms with van der Waals surface area (Å²) < 4.78 is 24.6. The van der Waals surface area contributed by atoms with Crippen molar-refractivity contribution in [2.75, 3.05) is 19.3 Å². The Morgan fingerprint density at radius 2 is 2.29 bits per heavy atom. The molecule has 0 spiro atoms. The van der Waals surface area contributed by atoms with Crippen LogP contribution in [0.2, 0.25) is 0 Å². The quantitative estimate of drug-likeness (QED) is 0.817. The second kappa shape index (κ2) is 5.14. The van der Waals surface area contributed by atoms with Crippen LogP contribution in [0.1, 0.15) is 18.5 Å². The molecule has 0 N–H and O–H groups in total. The normalized spacial score (nSPS) is 22.5. The number of piperidine rings is 1. The topological polar surface area (TPSA) is 50.3 Å². The highest BCUT2D eigenvalue weighted by Crippen LogP contribution is 2.21. The first-order valence-electron chi connectivity index (χ1n) is 5.91. The SMILES string of the molecule is CS(=O)(=O)N1CCCC(Cc2ccccn2)C1. The molecular weight excluding hydrogens is 236 g/mol. The first-order chi connectivity index (χ1) is 8.05. The minimum absolute atomic E-state index is 0.397. The summed E-state index contributed by atoms with van der Waals surface area (Å²) >= 11 is 0. The van der Waals surface area contributed by atoms with Crippen LogP contribution in [0, 0.1) is 5.92 Å². The highest BCUT2D eigenvalue weighted by Gasteiger charge is 2.25. The van der Waals surface area contributed by atoms with Gasteiger partial charge in [-0.05, 0) is 37.3 Å². The molecule has 0 bridgehead atoms. The molecule has 1 aliphatic rings. The Labute approximate surface area is 103 Å². The largest absolute Gasteiger partial charge is 0.261 e. The van der Waals surface area contributed by atoms with Gasteiger partial charge >= 0.3 is 0 Å². The van der Waals surface area contributed by atoms with E-state index in [1.54, 1.807) is 10.5 Å². The van der Waals surface area contributed by atoms with Crippen molar-refractivity contribution >= 4 is 10.0 Å². The minimum Gasteiger partial charge on any atom is -0.261 e. The third-order valence-electron chi connectivity index (χ3n) is 3.17. The standard InChI is InChI=1S/C12H18N2O2S/c1-17(15,16)14-8-4-5-11(10-14)9-12-6-2-3-7-13-12/h2-3,6-7,11H,4-5,8-10H2,1H3. The van der Waals surface area contributed by atoms with Crippen LogP contribution < -0.4 is 0 Å². The maximum Gasteiger partial charge on any atom is 0.211 e. The van der Waals surface area contributed by atoms with E-state index in [1.807, 2.05) is 18.2 Å². The van der Waals surface area contributed by atoms with Gasteiger partial charge in [0, 0.05) is 25.0 Å². The van der Waals surface area contributed by atoms with Gasteiger partial charge in [0.1, 0.15) is 0 Å². The Bertz CT molecular complexity index is 459. The molecule has 17 heavy (non-hydrogen) atoms. The number of hydrogen-bond donors (Lipinski definition) is 0. The number of rotatable bonds is 3. The first-order valence-corrected chi connectivity index (χ1v) is 7.75. The van der Waals surface area contributed by atoms with Crippen molar-refractivity contribution in [3.8, 4) is 0 Å². The van der Waals surface area contributed by atoms with Crippen LogP contribution >= 0.6 is 0 Å². The predicted octanol–water partition coefficient (Wildman–Crippen LogP) is 1.30. The van der Waals surface area contributed by atoms with Crippen molar-refractivity contribution in [3.05, 3.63) is 30.1 Å². The third-order valence-corrected chi connectivity index (χ3v) is 4.44. The van der Waals surface area contributed by atoms with Gasteiger partial charge in [0.15, 0.2) is 0 Å². The maximum atomic E-state index is 11.5. The van der Waals surface area contributed by atoms with Crippen molar-refractivity contribution in [1.29, 1.82) is 0 Å². The lowest BCUT2D eigenvalue weighted by atomic mass is 9.94. The van der Waals surface area contributed by atoms with Gasteiger partial charge in [-0.25, -0.2) is 12.7 Å². The maximum absolute atomic E-state index is 11.5. The number of hydrogen-bond acceptors (Lipinski definition) is 3. The lowest BCUT2D eigenvalue weighted by Gasteiger charge is -2.30. The fourth-order valence-corrected chi connectivity index (χ4v) is 3.25. The van der Waals surface area contributed by atoms with E-state index in [0.717, 1.165) is 25.0 Å². The molecular formula is C12H18N2O2S. The summed E-state index contributed by atoms with van der Waals surface area (Å²) in [6.45, 7) is 1.30. The van der Waals surface area contributed by atoms with E-state index in [2.05, 4.69) is 4.98 Å². The second-order valence-corrected chi connectivity index (χ2v) is 6.64. The van der Waals surface area contributed by atoms with Crippen molar-refractivity contribution in [1.82, 2.24) is 9.29 Å². The molecule has 1 unspecified atom stereocenters. The van der Waals surface area contributed by atoms with E-state index >= 15 is 0 Å². The van der Waals surface area contributed by atoms with E-state index < -0.39 is 10.0 Å². The summed E-state index contributed by atoms with van der Waals surface area (Å²) in [5.41, 5.74) is 1.05. The molecule has 0 saturated carbocycles. The average molecular weight is 254 g/mol. The fourth-order valence-electron chi connectivity index (χ4n) is 2.31. The molecule has 0 radical (unpaired) electrons. The predicted molar refractivity (Wildman–Crippen MR) is 67.1 cm³/mol. The summed E-state index contributed by atoms with van der Waals surface area (Å²) in [5, 5.41) is 0. The molecule has 5 heteroatoms. The molecule has 1 aromatic rings. The van der Waals surface area contributed by atoms with E-state index in [-0.39, 0.29) is 0 Å². The number of nitrogens with zero attached hydrogens (tertiary/aromatic N) is 2. The zero-order valence-corrected chi connectivity index (χ0v) is 10.9. The number of pyridine rings is 1. The van der Waals surface area contributed by atoms with Gasteiger partial charge in [-0.1, -0.05) is 6.07 Å². The monoisotopic (exact) mass is 254 g/mol. The summed E-state index contributed by atoms with van der Waals surface area (Å²) in [7, 11) is -3.04. The van der Waals surface area contributed by atoms with E-state index in [1.165, 1.54) is 6.26 Å². The first kappa shape index (κ1) is 12.5. The Morgan fingerprint density at radius 1 is 1.47 bits per heavy atom. The lowest BCUT2D eigenvalue weighted by Crippen LogP contribution is -2.39. The highest BCUT2D eigenvalue weighted by molar-refractivity contribution is 7.88. The van der Waals surface area contributed by atoms with Gasteiger partial charge in [0.25, 0.3) is 0 Å². The second-order valence-electron chi connectivity index (χ2n) is 4.65. The lowest BCUT2D eigenvalue weighted by molar-refractivity contribution is 0.265. The van der Waals surface area contributed by atoms with Crippen molar-refractivity contribution in [3.63, 3.8) is 0 Å². The molecule has 1 atom stereocenters. The molecule has 0 amide bonds. The van der Waals surface area contributed by atoms with Crippen LogP contribution in [0.4, 0.5) is 0 Å². The summed E-state index contributed by atoms with van der Waals surface area (Å²) in [6.07, 6.45) is 5.97. The number of aromatic nitrogens is 1. The molecule has 1 aliphatic heterocycles. The fraction of sp³-hybridized carbons (Fsp3) is 0.583. The Kier molecular flexibility index (Phi) is 3.79. The molecule has 1 aromatic heterocycles. The van der Waals surface area contributed by atoms with Crippen LogP contribution in [-0.2, 0) is 16.4 Å². The van der Waals surface area contributed by atoms with Gasteiger partial charge in [-0.3, -0.25) is 4.98 Å². The minimum atomic E-state index is -3.04. The molecule has 2 rings (SSSR count). The van der Waals surface area contributed by atoms with Crippen molar-refractivity contribution in [2.24, 2.45) is 5.92 Å². The van der Waals surface area contributed by atoms with Gasteiger partial charge in [-0.15, -0.1) is 0 Å². The Balaban J connectivity index is 1.99. The molecule has 2 heterocycles. The van der Waals surface area contributed by atoms with Crippen LogP contribution in [0.5, 0.6) is 0 Å². The molecule has 0 aromatic carbocycles. The third kappa shape index (κ3) is 3.51. The summed E-state index contributed by atoms with van der Waals surface area (Å²) in [5.74, 6) is 0.397. The summed E-state index contributed by atoms with van der Waals surface area (Å²) in [6, 6.07) is 5.87. The van der Waals surface area contributed by atoms with Crippen LogP contribution in [0.25, 0.3) is 0 Å². The summed E-state index contributed by atoms with van der Waals surface area (Å²) in [4.78, 5) is 4.29. The van der Waals surface area contributed by atoms with Gasteiger partial charge in [0.05, 0.1) is 6.26 Å². The molecule has 4 nitrogen and oxygen atoms in total. The van der Waals surface area contributed by atoms with Crippen LogP contribution in [0.15, 0.2) is 24.4 Å². The molecule has 1 fully saturated rings. The zero-order chi connectivity index (χ0) is 12.3. The molecule has 0 aliphatic carbocycles. The molecule has 1 saturated heterocycles. The highest BCUT2D eigenvalue weighted by atomic mass is 32.2. The zero-order valence-electron chi connectivity index (χ0n) is 10.0.